The lowest BCUT2D eigenvalue weighted by molar-refractivity contribution is -0.149. The number of benzene rings is 1. The van der Waals surface area contributed by atoms with E-state index in [0.29, 0.717) is 23.0 Å². The largest absolute Gasteiger partial charge is 0.343 e. The molecule has 4 nitrogen and oxygen atoms in total. The molecule has 0 spiro atoms. The first kappa shape index (κ1) is 16.1. The minimum absolute atomic E-state index is 0.0842. The lowest BCUT2D eigenvalue weighted by atomic mass is 10.0. The van der Waals surface area contributed by atoms with Crippen molar-refractivity contribution in [1.29, 1.82) is 0 Å². The van der Waals surface area contributed by atoms with Gasteiger partial charge in [-0.3, -0.25) is 9.59 Å². The van der Waals surface area contributed by atoms with Gasteiger partial charge in [-0.15, -0.1) is 0 Å². The van der Waals surface area contributed by atoms with Crippen molar-refractivity contribution in [3.8, 4) is 0 Å². The molecule has 2 amide bonds. The van der Waals surface area contributed by atoms with Crippen LogP contribution in [0, 0.1) is 0 Å². The molecule has 1 aliphatic heterocycles. The van der Waals surface area contributed by atoms with E-state index in [4.69, 9.17) is 23.2 Å². The summed E-state index contributed by atoms with van der Waals surface area (Å²) in [6, 6.07) is 4.22. The third kappa shape index (κ3) is 3.50. The van der Waals surface area contributed by atoms with Gasteiger partial charge in [0.1, 0.15) is 12.1 Å². The number of halogens is 2. The molecule has 21 heavy (non-hydrogen) atoms. The highest BCUT2D eigenvalue weighted by Gasteiger charge is 2.37. The molecule has 0 aromatic heterocycles. The molecule has 1 N–H and O–H groups in total. The van der Waals surface area contributed by atoms with E-state index in [0.717, 1.165) is 12.0 Å². The van der Waals surface area contributed by atoms with Crippen LogP contribution in [-0.4, -0.2) is 28.8 Å². The van der Waals surface area contributed by atoms with Gasteiger partial charge < -0.3 is 10.2 Å². The van der Waals surface area contributed by atoms with Gasteiger partial charge >= 0.3 is 0 Å². The van der Waals surface area contributed by atoms with Gasteiger partial charge in [-0.2, -0.15) is 0 Å². The first-order valence-electron chi connectivity index (χ1n) is 6.98. The van der Waals surface area contributed by atoms with Gasteiger partial charge in [-0.05, 0) is 31.0 Å². The maximum Gasteiger partial charge on any atom is 0.245 e. The van der Waals surface area contributed by atoms with Crippen LogP contribution in [0.25, 0.3) is 0 Å². The van der Waals surface area contributed by atoms with Gasteiger partial charge in [0.05, 0.1) is 0 Å². The lowest BCUT2D eigenvalue weighted by Crippen LogP contribution is -2.61. The Bertz CT molecular complexity index is 563. The number of hydrogen-bond acceptors (Lipinski definition) is 2. The Morgan fingerprint density at radius 2 is 2.00 bits per heavy atom. The molecule has 2 unspecified atom stereocenters. The summed E-state index contributed by atoms with van der Waals surface area (Å²) in [5, 5.41) is 3.77. The molecule has 0 aliphatic carbocycles. The van der Waals surface area contributed by atoms with Crippen molar-refractivity contribution < 1.29 is 9.59 Å². The quantitative estimate of drug-likeness (QED) is 0.923. The van der Waals surface area contributed by atoms with Crippen LogP contribution in [0.3, 0.4) is 0 Å². The van der Waals surface area contributed by atoms with Gasteiger partial charge in [0.25, 0.3) is 0 Å². The van der Waals surface area contributed by atoms with Crippen LogP contribution in [0.2, 0.25) is 10.0 Å². The number of nitrogens with one attached hydrogen (secondary N) is 1. The molecular formula is C15H18Cl2N2O2. The Hall–Kier alpha value is -1.26. The van der Waals surface area contributed by atoms with Crippen LogP contribution in [0.15, 0.2) is 18.2 Å². The second-order valence-corrected chi connectivity index (χ2v) is 6.08. The standard InChI is InChI=1S/C15H18Cl2N2O2/c1-3-4-13-14(20)18-9(2)15(21)19(13)8-10-5-6-11(16)7-12(10)17/h5-7,9,13H,3-4,8H2,1-2H3,(H,18,20). The van der Waals surface area contributed by atoms with E-state index in [1.807, 2.05) is 6.92 Å². The summed E-state index contributed by atoms with van der Waals surface area (Å²) in [5.41, 5.74) is 0.789. The minimum Gasteiger partial charge on any atom is -0.343 e. The summed E-state index contributed by atoms with van der Waals surface area (Å²) >= 11 is 12.1. The van der Waals surface area contributed by atoms with E-state index in [2.05, 4.69) is 5.32 Å². The zero-order valence-electron chi connectivity index (χ0n) is 12.0. The third-order valence-electron chi connectivity index (χ3n) is 3.61. The maximum atomic E-state index is 12.4. The summed E-state index contributed by atoms with van der Waals surface area (Å²) in [5.74, 6) is -0.187. The number of carbonyl (C=O) groups is 2. The fraction of sp³-hybridized carbons (Fsp3) is 0.467. The first-order chi connectivity index (χ1) is 9.93. The molecule has 6 heteroatoms. The topological polar surface area (TPSA) is 49.4 Å². The Kier molecular flexibility index (Phi) is 5.12. The summed E-state index contributed by atoms with van der Waals surface area (Å²) < 4.78 is 0. The minimum atomic E-state index is -0.503. The van der Waals surface area contributed by atoms with Gasteiger partial charge in [0, 0.05) is 16.6 Å². The predicted octanol–water partition coefficient (Wildman–Crippen LogP) is 3.01. The molecule has 1 aliphatic rings. The molecule has 1 heterocycles. The first-order valence-corrected chi connectivity index (χ1v) is 7.74. The Morgan fingerprint density at radius 1 is 1.29 bits per heavy atom. The third-order valence-corrected chi connectivity index (χ3v) is 4.20. The zero-order chi connectivity index (χ0) is 15.6. The number of amides is 2. The van der Waals surface area contributed by atoms with Crippen molar-refractivity contribution >= 4 is 35.0 Å². The van der Waals surface area contributed by atoms with Crippen LogP contribution in [-0.2, 0) is 16.1 Å². The highest BCUT2D eigenvalue weighted by molar-refractivity contribution is 6.35. The Labute approximate surface area is 134 Å². The van der Waals surface area contributed by atoms with Gasteiger partial charge in [-0.25, -0.2) is 0 Å². The smallest absolute Gasteiger partial charge is 0.245 e. The van der Waals surface area contributed by atoms with E-state index >= 15 is 0 Å². The molecular weight excluding hydrogens is 311 g/mol. The molecule has 1 aromatic rings. The second-order valence-electron chi connectivity index (χ2n) is 5.24. The lowest BCUT2D eigenvalue weighted by Gasteiger charge is -2.38. The van der Waals surface area contributed by atoms with Crippen molar-refractivity contribution in [2.45, 2.75) is 45.3 Å². The second kappa shape index (κ2) is 6.67. The molecule has 114 valence electrons. The maximum absolute atomic E-state index is 12.4. The molecule has 1 saturated heterocycles. The molecule has 0 saturated carbocycles. The molecule has 2 atom stereocenters. The van der Waals surface area contributed by atoms with Gasteiger partial charge in [0.2, 0.25) is 11.8 Å². The van der Waals surface area contributed by atoms with Crippen molar-refractivity contribution in [1.82, 2.24) is 10.2 Å². The van der Waals surface area contributed by atoms with E-state index in [-0.39, 0.29) is 11.8 Å². The molecule has 1 aromatic carbocycles. The Balaban J connectivity index is 2.27. The van der Waals surface area contributed by atoms with Crippen molar-refractivity contribution in [3.63, 3.8) is 0 Å². The SMILES string of the molecule is CCCC1C(=O)NC(C)C(=O)N1Cc1ccc(Cl)cc1Cl. The van der Waals surface area contributed by atoms with Crippen LogP contribution in [0.5, 0.6) is 0 Å². The van der Waals surface area contributed by atoms with Crippen LogP contribution in [0.4, 0.5) is 0 Å². The average Bonchev–Trinajstić information content (AvgIpc) is 2.42. The van der Waals surface area contributed by atoms with Crippen molar-refractivity contribution in [2.24, 2.45) is 0 Å². The van der Waals surface area contributed by atoms with E-state index < -0.39 is 12.1 Å². The van der Waals surface area contributed by atoms with Gasteiger partial charge in [-0.1, -0.05) is 42.6 Å². The molecule has 2 rings (SSSR count). The molecule has 1 fully saturated rings. The summed E-state index contributed by atoms with van der Waals surface area (Å²) in [6.07, 6.45) is 1.46. The molecule has 0 bridgehead atoms. The van der Waals surface area contributed by atoms with E-state index in [1.165, 1.54) is 0 Å². The predicted molar refractivity (Wildman–Crippen MR) is 83.3 cm³/mol. The summed E-state index contributed by atoms with van der Waals surface area (Å²) in [4.78, 5) is 26.1. The number of carbonyl (C=O) groups excluding carboxylic acids is 2. The number of nitrogens with zero attached hydrogens (tertiary/aromatic N) is 1. The Morgan fingerprint density at radius 3 is 2.62 bits per heavy atom. The van der Waals surface area contributed by atoms with Gasteiger partial charge in [0.15, 0.2) is 0 Å². The van der Waals surface area contributed by atoms with Crippen molar-refractivity contribution in [2.75, 3.05) is 0 Å². The van der Waals surface area contributed by atoms with E-state index in [9.17, 15) is 9.59 Å². The average molecular weight is 329 g/mol. The highest BCUT2D eigenvalue weighted by Crippen LogP contribution is 2.25. The number of hydrogen-bond donors (Lipinski definition) is 1. The monoisotopic (exact) mass is 328 g/mol. The number of rotatable bonds is 4. The molecule has 0 radical (unpaired) electrons. The van der Waals surface area contributed by atoms with E-state index in [1.54, 1.807) is 30.0 Å². The highest BCUT2D eigenvalue weighted by atomic mass is 35.5. The zero-order valence-corrected chi connectivity index (χ0v) is 13.5. The van der Waals surface area contributed by atoms with Crippen LogP contribution >= 0.6 is 23.2 Å². The normalized spacial score (nSPS) is 22.4. The van der Waals surface area contributed by atoms with Crippen LogP contribution < -0.4 is 5.32 Å². The van der Waals surface area contributed by atoms with Crippen molar-refractivity contribution in [3.05, 3.63) is 33.8 Å². The number of piperazine rings is 1. The summed E-state index contributed by atoms with van der Waals surface area (Å²) in [7, 11) is 0. The fourth-order valence-corrected chi connectivity index (χ4v) is 2.97. The summed E-state index contributed by atoms with van der Waals surface area (Å²) in [6.45, 7) is 4.00. The fourth-order valence-electron chi connectivity index (χ4n) is 2.50. The van der Waals surface area contributed by atoms with Crippen LogP contribution in [0.1, 0.15) is 32.3 Å².